The molecule has 0 fully saturated rings. The van der Waals surface area contributed by atoms with Crippen molar-refractivity contribution in [2.24, 2.45) is 0 Å². The molecule has 36 valence electrons. The fraction of sp³-hybridized carbons (Fsp3) is 0. The average molecular weight is 102 g/mol. The van der Waals surface area contributed by atoms with Crippen molar-refractivity contribution in [3.8, 4) is 24.6 Å². The van der Waals surface area contributed by atoms with Crippen molar-refractivity contribution in [3.05, 3.63) is 0 Å². The lowest BCUT2D eigenvalue weighted by atomic mass is 11.1. The highest BCUT2D eigenvalue weighted by molar-refractivity contribution is 4.88. The number of rotatable bonds is 0. The van der Waals surface area contributed by atoms with E-state index in [1.807, 2.05) is 0 Å². The lowest BCUT2D eigenvalue weighted by Gasteiger charge is -1.66. The molecule has 0 aromatic carbocycles. The molecule has 0 atom stereocenters. The normalized spacial score (nSPS) is 4.29. The molecular formula is C4F2O. The highest BCUT2D eigenvalue weighted by Gasteiger charge is 1.59. The maximum Gasteiger partial charge on any atom is 0.166 e. The number of halogens is 2. The van der Waals surface area contributed by atoms with Crippen molar-refractivity contribution >= 4 is 0 Å². The first kappa shape index (κ1) is 5.78. The molecule has 1 nitrogen and oxygen atoms in total. The third-order valence-corrected chi connectivity index (χ3v) is 0.179. The second-order valence-corrected chi connectivity index (χ2v) is 0.495. The Kier molecular flexibility index (Phi) is 3.95. The summed E-state index contributed by atoms with van der Waals surface area (Å²) < 4.78 is 24.9. The Balaban J connectivity index is 3.21. The summed E-state index contributed by atoms with van der Waals surface area (Å²) in [6, 6.07) is 0. The summed E-state index contributed by atoms with van der Waals surface area (Å²) in [6.07, 6.45) is 4.56. The number of hydrogen-bond donors (Lipinski definition) is 0. The first-order valence-electron chi connectivity index (χ1n) is 1.29. The van der Waals surface area contributed by atoms with Crippen LogP contribution in [0.4, 0.5) is 8.78 Å². The molecule has 0 rings (SSSR count). The first-order valence-corrected chi connectivity index (χ1v) is 1.29. The first-order chi connectivity index (χ1) is 3.41. The predicted octanol–water partition coefficient (Wildman–Crippen LogP) is 0.779. The Morgan fingerprint density at radius 2 is 1.43 bits per heavy atom. The van der Waals surface area contributed by atoms with Crippen LogP contribution in [0.3, 0.4) is 0 Å². The Morgan fingerprint density at radius 1 is 1.00 bits per heavy atom. The van der Waals surface area contributed by atoms with Crippen LogP contribution >= 0.6 is 0 Å². The molecular weight excluding hydrogens is 102 g/mol. The Hall–Kier alpha value is -1.22. The second kappa shape index (κ2) is 4.78. The van der Waals surface area contributed by atoms with Gasteiger partial charge >= 0.3 is 0 Å². The molecule has 0 heterocycles. The molecule has 7 heavy (non-hydrogen) atoms. The lowest BCUT2D eigenvalue weighted by Crippen LogP contribution is -1.60. The van der Waals surface area contributed by atoms with Gasteiger partial charge in [-0.15, -0.1) is 8.78 Å². The zero-order valence-corrected chi connectivity index (χ0v) is 3.16. The summed E-state index contributed by atoms with van der Waals surface area (Å²) in [5.41, 5.74) is 0. The van der Waals surface area contributed by atoms with Crippen LogP contribution in [0.1, 0.15) is 0 Å². The quantitative estimate of drug-likeness (QED) is 0.410. The van der Waals surface area contributed by atoms with Crippen molar-refractivity contribution in [2.75, 3.05) is 0 Å². The maximum atomic E-state index is 10.6. The van der Waals surface area contributed by atoms with Gasteiger partial charge < -0.3 is 4.74 Å². The average Bonchev–Trinajstić information content (AvgIpc) is 1.69. The van der Waals surface area contributed by atoms with E-state index in [4.69, 9.17) is 0 Å². The fourth-order valence-corrected chi connectivity index (χ4v) is 0.0641. The minimum atomic E-state index is 0.861. The van der Waals surface area contributed by atoms with Crippen molar-refractivity contribution in [3.63, 3.8) is 0 Å². The molecule has 0 spiro atoms. The second-order valence-electron chi connectivity index (χ2n) is 0.495. The van der Waals surface area contributed by atoms with Crippen LogP contribution in [0.2, 0.25) is 0 Å². The molecule has 0 saturated carbocycles. The van der Waals surface area contributed by atoms with Gasteiger partial charge in [0.25, 0.3) is 0 Å². The van der Waals surface area contributed by atoms with Gasteiger partial charge in [0.15, 0.2) is 24.6 Å². The van der Waals surface area contributed by atoms with Crippen molar-refractivity contribution < 1.29 is 13.5 Å². The Morgan fingerprint density at radius 3 is 1.71 bits per heavy atom. The molecule has 0 aromatic rings. The minimum Gasteiger partial charge on any atom is -0.351 e. The smallest absolute Gasteiger partial charge is 0.166 e. The van der Waals surface area contributed by atoms with Gasteiger partial charge in [-0.05, 0) is 0 Å². The third-order valence-electron chi connectivity index (χ3n) is 0.179. The summed E-state index contributed by atoms with van der Waals surface area (Å²) in [7, 11) is 0. The van der Waals surface area contributed by atoms with Crippen LogP contribution in [0.15, 0.2) is 0 Å². The molecule has 0 radical (unpaired) electrons. The van der Waals surface area contributed by atoms with E-state index < -0.39 is 0 Å². The number of ether oxygens (including phenoxy) is 1. The largest absolute Gasteiger partial charge is 0.351 e. The van der Waals surface area contributed by atoms with Gasteiger partial charge in [0.1, 0.15) is 0 Å². The summed E-state index contributed by atoms with van der Waals surface area (Å²) in [6.45, 7) is 0. The molecule has 0 amide bonds. The third kappa shape index (κ3) is 4.78. The molecule has 0 bridgehead atoms. The van der Waals surface area contributed by atoms with Crippen molar-refractivity contribution in [2.45, 2.75) is 0 Å². The molecule has 0 N–H and O–H groups in total. The molecule has 3 heteroatoms. The fourth-order valence-electron chi connectivity index (χ4n) is 0.0641. The highest BCUT2D eigenvalue weighted by atomic mass is 19.1. The summed E-state index contributed by atoms with van der Waals surface area (Å²) in [5.74, 6) is 0. The van der Waals surface area contributed by atoms with E-state index in [0.717, 1.165) is 12.3 Å². The maximum absolute atomic E-state index is 10.6. The van der Waals surface area contributed by atoms with Gasteiger partial charge in [-0.2, -0.15) is 0 Å². The Labute approximate surface area is 39.3 Å². The van der Waals surface area contributed by atoms with E-state index in [1.54, 1.807) is 0 Å². The van der Waals surface area contributed by atoms with E-state index in [-0.39, 0.29) is 0 Å². The summed E-state index contributed by atoms with van der Waals surface area (Å²) in [5, 5.41) is 0. The summed E-state index contributed by atoms with van der Waals surface area (Å²) in [4.78, 5) is 0. The van der Waals surface area contributed by atoms with Gasteiger partial charge in [0.2, 0.25) is 0 Å². The lowest BCUT2D eigenvalue weighted by molar-refractivity contribution is 0.468. The molecule has 0 unspecified atom stereocenters. The molecule has 0 saturated heterocycles. The molecule has 0 aliphatic heterocycles. The van der Waals surface area contributed by atoms with E-state index in [9.17, 15) is 8.78 Å². The van der Waals surface area contributed by atoms with Gasteiger partial charge in [-0.25, -0.2) is 0 Å². The van der Waals surface area contributed by atoms with E-state index >= 15 is 0 Å². The van der Waals surface area contributed by atoms with Gasteiger partial charge in [-0.3, -0.25) is 0 Å². The van der Waals surface area contributed by atoms with Crippen LogP contribution < -0.4 is 0 Å². The molecule has 0 aliphatic rings. The highest BCUT2D eigenvalue weighted by Crippen LogP contribution is 1.62. The standard InChI is InChI=1S/C4F2O/c5-1-3-7-4-2-6. The zero-order valence-electron chi connectivity index (χ0n) is 3.16. The predicted molar refractivity (Wildman–Crippen MR) is 18.9 cm³/mol. The van der Waals surface area contributed by atoms with Crippen molar-refractivity contribution in [1.29, 1.82) is 0 Å². The minimum absolute atomic E-state index is 0.861. The van der Waals surface area contributed by atoms with Gasteiger partial charge in [-0.1, -0.05) is 0 Å². The van der Waals surface area contributed by atoms with Gasteiger partial charge in [0.05, 0.1) is 0 Å². The van der Waals surface area contributed by atoms with Crippen LogP contribution in [0.25, 0.3) is 0 Å². The Bertz CT molecular complexity index is 125. The topological polar surface area (TPSA) is 9.23 Å². The number of hydrogen-bond acceptors (Lipinski definition) is 1. The van der Waals surface area contributed by atoms with Gasteiger partial charge in [0, 0.05) is 0 Å². The van der Waals surface area contributed by atoms with Crippen LogP contribution in [-0.2, 0) is 4.74 Å². The van der Waals surface area contributed by atoms with Crippen LogP contribution in [0.5, 0.6) is 0 Å². The van der Waals surface area contributed by atoms with Crippen LogP contribution in [0, 0.1) is 24.6 Å². The van der Waals surface area contributed by atoms with Crippen molar-refractivity contribution in [1.82, 2.24) is 0 Å². The van der Waals surface area contributed by atoms with E-state index in [0.29, 0.717) is 0 Å². The molecule has 0 aromatic heterocycles. The zero-order chi connectivity index (χ0) is 5.54. The van der Waals surface area contributed by atoms with E-state index in [2.05, 4.69) is 4.74 Å². The monoisotopic (exact) mass is 102 g/mol. The van der Waals surface area contributed by atoms with Crippen LogP contribution in [-0.4, -0.2) is 0 Å². The summed E-state index contributed by atoms with van der Waals surface area (Å²) >= 11 is 0. The molecule has 0 aliphatic carbocycles. The van der Waals surface area contributed by atoms with E-state index in [1.165, 1.54) is 12.2 Å². The SMILES string of the molecule is FC#COC#CF.